The molecule has 0 saturated carbocycles. The summed E-state index contributed by atoms with van der Waals surface area (Å²) >= 11 is 7.86. The first-order chi connectivity index (χ1) is 19.3. The van der Waals surface area contributed by atoms with Crippen LogP contribution in [0, 0.1) is 0 Å². The highest BCUT2D eigenvalue weighted by Crippen LogP contribution is 2.45. The Hall–Kier alpha value is -3.49. The Balaban J connectivity index is 1.61. The van der Waals surface area contributed by atoms with Crippen molar-refractivity contribution in [3.8, 4) is 5.75 Å². The largest absolute Gasteiger partial charge is 0.497 e. The second-order valence-corrected chi connectivity index (χ2v) is 11.6. The molecule has 0 unspecified atom stereocenters. The first-order valence-corrected chi connectivity index (χ1v) is 14.7. The number of ether oxygens (including phenoxy) is 2. The van der Waals surface area contributed by atoms with Crippen molar-refractivity contribution in [3.63, 3.8) is 0 Å². The monoisotopic (exact) mass is 579 g/mol. The molecule has 208 valence electrons. The van der Waals surface area contributed by atoms with Crippen LogP contribution in [0.1, 0.15) is 49.7 Å². The minimum absolute atomic E-state index is 0.0892. The van der Waals surface area contributed by atoms with Gasteiger partial charge in [-0.15, -0.1) is 0 Å². The van der Waals surface area contributed by atoms with Gasteiger partial charge in [0.05, 0.1) is 30.3 Å². The van der Waals surface area contributed by atoms with E-state index in [9.17, 15) is 14.4 Å². The zero-order valence-electron chi connectivity index (χ0n) is 22.5. The van der Waals surface area contributed by atoms with Crippen molar-refractivity contribution in [1.29, 1.82) is 0 Å². The van der Waals surface area contributed by atoms with Gasteiger partial charge in [-0.1, -0.05) is 30.7 Å². The molecule has 2 aromatic carbocycles. The third kappa shape index (κ3) is 5.43. The predicted molar refractivity (Wildman–Crippen MR) is 157 cm³/mol. The van der Waals surface area contributed by atoms with Gasteiger partial charge in [0.1, 0.15) is 17.9 Å². The summed E-state index contributed by atoms with van der Waals surface area (Å²) in [7, 11) is 1.61. The fraction of sp³-hybridized carbons (Fsp3) is 0.323. The molecule has 1 aliphatic carbocycles. The fourth-order valence-corrected chi connectivity index (χ4v) is 6.15. The number of nitrogens with one attached hydrogen (secondary N) is 1. The zero-order valence-corrected chi connectivity index (χ0v) is 24.1. The second-order valence-electron chi connectivity index (χ2n) is 9.79. The van der Waals surface area contributed by atoms with E-state index in [2.05, 4.69) is 5.32 Å². The third-order valence-electron chi connectivity index (χ3n) is 7.35. The highest BCUT2D eigenvalue weighted by atomic mass is 35.5. The predicted octanol–water partition coefficient (Wildman–Crippen LogP) is 6.11. The van der Waals surface area contributed by atoms with E-state index in [4.69, 9.17) is 25.5 Å². The van der Waals surface area contributed by atoms with Gasteiger partial charge in [-0.25, -0.2) is 4.79 Å². The van der Waals surface area contributed by atoms with Gasteiger partial charge in [0.15, 0.2) is 11.2 Å². The molecule has 0 radical (unpaired) electrons. The van der Waals surface area contributed by atoms with Gasteiger partial charge in [-0.3, -0.25) is 9.59 Å². The number of carbonyl (C=O) groups excluding carboxylic acids is 2. The lowest BCUT2D eigenvalue weighted by molar-refractivity contribution is -0.138. The Bertz CT molecular complexity index is 1610. The average Bonchev–Trinajstić information content (AvgIpc) is 2.95. The molecular formula is C31H30ClNO6S. The minimum Gasteiger partial charge on any atom is -0.497 e. The van der Waals surface area contributed by atoms with Crippen LogP contribution in [0.15, 0.2) is 80.5 Å². The molecule has 40 heavy (non-hydrogen) atoms. The van der Waals surface area contributed by atoms with Crippen LogP contribution in [-0.4, -0.2) is 37.0 Å². The van der Waals surface area contributed by atoms with Gasteiger partial charge in [0, 0.05) is 39.7 Å². The molecule has 3 aromatic rings. The van der Waals surface area contributed by atoms with Crippen molar-refractivity contribution in [1.82, 2.24) is 5.32 Å². The maximum Gasteiger partial charge on any atom is 0.336 e. The number of fused-ring (bicyclic) bond motifs is 1. The molecule has 1 aromatic heterocycles. The third-order valence-corrected chi connectivity index (χ3v) is 8.45. The molecular weight excluding hydrogens is 550 g/mol. The van der Waals surface area contributed by atoms with E-state index in [0.717, 1.165) is 11.3 Å². The highest BCUT2D eigenvalue weighted by Gasteiger charge is 2.43. The van der Waals surface area contributed by atoms with Gasteiger partial charge < -0.3 is 19.2 Å². The summed E-state index contributed by atoms with van der Waals surface area (Å²) in [6.07, 6.45) is 2.11. The van der Waals surface area contributed by atoms with Gasteiger partial charge >= 0.3 is 5.97 Å². The summed E-state index contributed by atoms with van der Waals surface area (Å²) in [6, 6.07) is 12.5. The molecule has 7 nitrogen and oxygen atoms in total. The Kier molecular flexibility index (Phi) is 8.38. The van der Waals surface area contributed by atoms with Crippen molar-refractivity contribution >= 4 is 46.1 Å². The van der Waals surface area contributed by atoms with Crippen LogP contribution in [-0.2, 0) is 14.3 Å². The van der Waals surface area contributed by atoms with Crippen molar-refractivity contribution in [3.05, 3.63) is 97.6 Å². The number of Topliss-reactive ketones (excluding diaryl/α,β-unsaturated/α-hetero) is 1. The van der Waals surface area contributed by atoms with E-state index in [0.29, 0.717) is 45.5 Å². The second kappa shape index (κ2) is 11.9. The molecule has 0 bridgehead atoms. The van der Waals surface area contributed by atoms with Crippen LogP contribution in [0.4, 0.5) is 0 Å². The SMILES string of the molecule is CCSCCOC(=O)C1=C(C)NC2=C(C(=O)C[C@H](c3cccc(OC)c3)C2)[C@H]1c1coc2ccc(Cl)cc2c1=O. The Morgan fingerprint density at radius 3 is 2.77 bits per heavy atom. The van der Waals surface area contributed by atoms with E-state index in [1.54, 1.807) is 44.0 Å². The van der Waals surface area contributed by atoms with Crippen molar-refractivity contribution in [2.45, 2.75) is 38.5 Å². The maximum absolute atomic E-state index is 13.9. The maximum atomic E-state index is 13.9. The summed E-state index contributed by atoms with van der Waals surface area (Å²) < 4.78 is 16.8. The van der Waals surface area contributed by atoms with E-state index < -0.39 is 11.9 Å². The lowest BCUT2D eigenvalue weighted by Gasteiger charge is -2.36. The number of esters is 1. The fourth-order valence-electron chi connectivity index (χ4n) is 5.48. The summed E-state index contributed by atoms with van der Waals surface area (Å²) in [4.78, 5) is 41.2. The van der Waals surface area contributed by atoms with Gasteiger partial charge in [0.25, 0.3) is 0 Å². The van der Waals surface area contributed by atoms with Crippen LogP contribution < -0.4 is 15.5 Å². The van der Waals surface area contributed by atoms with E-state index >= 15 is 0 Å². The topological polar surface area (TPSA) is 94.8 Å². The summed E-state index contributed by atoms with van der Waals surface area (Å²) in [5.74, 6) is 0.550. The summed E-state index contributed by atoms with van der Waals surface area (Å²) in [6.45, 7) is 4.03. The first kappa shape index (κ1) is 28.1. The molecule has 0 saturated heterocycles. The molecule has 0 spiro atoms. The number of dihydropyridines is 1. The average molecular weight is 580 g/mol. The summed E-state index contributed by atoms with van der Waals surface area (Å²) in [5, 5.41) is 3.99. The smallest absolute Gasteiger partial charge is 0.336 e. The number of carbonyl (C=O) groups is 2. The lowest BCUT2D eigenvalue weighted by atomic mass is 9.72. The standard InChI is InChI=1S/C31H30ClNO6S/c1-4-40-11-10-38-31(36)27-17(2)33-24-13-19(18-6-5-7-21(12-18)37-3)14-25(34)29(24)28(27)23-16-39-26-9-8-20(32)15-22(26)30(23)35/h5-9,12,15-16,19,28,33H,4,10-11,13-14H2,1-3H3/t19-,28+/m1/s1. The van der Waals surface area contributed by atoms with Crippen LogP contribution in [0.25, 0.3) is 11.0 Å². The van der Waals surface area contributed by atoms with Crippen molar-refractivity contribution in [2.24, 2.45) is 0 Å². The van der Waals surface area contributed by atoms with Gasteiger partial charge in [0.2, 0.25) is 0 Å². The van der Waals surface area contributed by atoms with Gasteiger partial charge in [-0.05, 0) is 60.9 Å². The molecule has 5 rings (SSSR count). The van der Waals surface area contributed by atoms with Crippen LogP contribution in [0.2, 0.25) is 5.02 Å². The molecule has 2 atom stereocenters. The van der Waals surface area contributed by atoms with Gasteiger partial charge in [-0.2, -0.15) is 11.8 Å². The molecule has 2 heterocycles. The van der Waals surface area contributed by atoms with Crippen LogP contribution in [0.3, 0.4) is 0 Å². The number of rotatable bonds is 8. The Morgan fingerprint density at radius 1 is 1.18 bits per heavy atom. The number of hydrogen-bond donors (Lipinski definition) is 1. The summed E-state index contributed by atoms with van der Waals surface area (Å²) in [5.41, 5.74) is 3.08. The number of hydrogen-bond acceptors (Lipinski definition) is 8. The van der Waals surface area contributed by atoms with Crippen molar-refractivity contribution in [2.75, 3.05) is 25.2 Å². The number of methoxy groups -OCH3 is 1. The molecule has 9 heteroatoms. The number of halogens is 1. The van der Waals surface area contributed by atoms with E-state index in [1.807, 2.05) is 31.2 Å². The molecule has 0 fully saturated rings. The van der Waals surface area contributed by atoms with Crippen molar-refractivity contribution < 1.29 is 23.5 Å². The lowest BCUT2D eigenvalue weighted by Crippen LogP contribution is -2.37. The number of ketones is 1. The minimum atomic E-state index is -0.930. The highest BCUT2D eigenvalue weighted by molar-refractivity contribution is 7.99. The van der Waals surface area contributed by atoms with E-state index in [-0.39, 0.29) is 46.7 Å². The number of thioether (sulfide) groups is 1. The van der Waals surface area contributed by atoms with Crippen LogP contribution in [0.5, 0.6) is 5.75 Å². The Morgan fingerprint density at radius 2 is 2.00 bits per heavy atom. The molecule has 2 aliphatic rings. The van der Waals surface area contributed by atoms with Crippen LogP contribution >= 0.6 is 23.4 Å². The molecule has 0 amide bonds. The number of allylic oxidation sites excluding steroid dienone is 3. The van der Waals surface area contributed by atoms with E-state index in [1.165, 1.54) is 6.26 Å². The number of benzene rings is 2. The molecule has 1 N–H and O–H groups in total. The molecule has 1 aliphatic heterocycles. The first-order valence-electron chi connectivity index (χ1n) is 13.2. The quantitative estimate of drug-likeness (QED) is 0.252. The zero-order chi connectivity index (χ0) is 28.4. The Labute approximate surface area is 241 Å². The normalized spacial score (nSPS) is 18.9.